The van der Waals surface area contributed by atoms with Crippen LogP contribution < -0.4 is 15.2 Å². The number of aromatic nitrogens is 2. The molecule has 102 valence electrons. The van der Waals surface area contributed by atoms with E-state index in [0.717, 1.165) is 17.0 Å². The van der Waals surface area contributed by atoms with Crippen LogP contribution >= 0.6 is 0 Å². The molecule has 0 fully saturated rings. The molecule has 1 aromatic heterocycles. The molecule has 1 heterocycles. The third kappa shape index (κ3) is 2.71. The van der Waals surface area contributed by atoms with Gasteiger partial charge < -0.3 is 15.2 Å². The first-order valence-electron chi connectivity index (χ1n) is 6.14. The lowest BCUT2D eigenvalue weighted by atomic mass is 10.1. The minimum atomic E-state index is -0.180. The number of hydrogen-bond acceptors (Lipinski definition) is 4. The van der Waals surface area contributed by atoms with E-state index in [-0.39, 0.29) is 6.04 Å². The van der Waals surface area contributed by atoms with E-state index in [9.17, 15) is 0 Å². The Labute approximate surface area is 112 Å². The fourth-order valence-corrected chi connectivity index (χ4v) is 2.03. The van der Waals surface area contributed by atoms with Gasteiger partial charge in [0.05, 0.1) is 18.4 Å². The van der Waals surface area contributed by atoms with Crippen LogP contribution in [0, 0.1) is 6.92 Å². The summed E-state index contributed by atoms with van der Waals surface area (Å²) in [7, 11) is 3.47. The van der Waals surface area contributed by atoms with Gasteiger partial charge in [0, 0.05) is 19.2 Å². The van der Waals surface area contributed by atoms with Crippen LogP contribution in [-0.2, 0) is 7.05 Å². The molecule has 2 aromatic rings. The van der Waals surface area contributed by atoms with Gasteiger partial charge in [0.2, 0.25) is 5.88 Å². The van der Waals surface area contributed by atoms with Gasteiger partial charge in [-0.2, -0.15) is 5.10 Å². The van der Waals surface area contributed by atoms with E-state index < -0.39 is 0 Å². The number of methoxy groups -OCH3 is 1. The average Bonchev–Trinajstić information content (AvgIpc) is 2.67. The van der Waals surface area contributed by atoms with Crippen molar-refractivity contribution < 1.29 is 9.47 Å². The number of aryl methyl sites for hydroxylation is 2. The normalized spacial score (nSPS) is 12.3. The maximum absolute atomic E-state index is 6.01. The smallest absolute Gasteiger partial charge is 0.217 e. The quantitative estimate of drug-likeness (QED) is 0.918. The van der Waals surface area contributed by atoms with Crippen LogP contribution in [0.1, 0.15) is 24.2 Å². The van der Waals surface area contributed by atoms with Gasteiger partial charge in [0.15, 0.2) is 0 Å². The van der Waals surface area contributed by atoms with Crippen LogP contribution in [0.25, 0.3) is 0 Å². The molecule has 0 aliphatic heterocycles. The summed E-state index contributed by atoms with van der Waals surface area (Å²) in [5.41, 5.74) is 7.76. The van der Waals surface area contributed by atoms with Gasteiger partial charge in [0.25, 0.3) is 0 Å². The maximum atomic E-state index is 6.01. The van der Waals surface area contributed by atoms with E-state index in [2.05, 4.69) is 5.10 Å². The number of ether oxygens (including phenoxy) is 2. The highest BCUT2D eigenvalue weighted by Gasteiger charge is 2.16. The SMILES string of the molecule is COc1cccc(Oc2cc(C)nn2C)c1[C@H](C)N. The van der Waals surface area contributed by atoms with Gasteiger partial charge in [0.1, 0.15) is 11.5 Å². The molecule has 0 aliphatic rings. The molecule has 0 saturated heterocycles. The number of hydrogen-bond donors (Lipinski definition) is 1. The van der Waals surface area contributed by atoms with E-state index in [1.165, 1.54) is 0 Å². The molecule has 5 nitrogen and oxygen atoms in total. The summed E-state index contributed by atoms with van der Waals surface area (Å²) in [4.78, 5) is 0. The van der Waals surface area contributed by atoms with Gasteiger partial charge in [-0.25, -0.2) is 4.68 Å². The molecule has 0 saturated carbocycles. The highest BCUT2D eigenvalue weighted by Crippen LogP contribution is 2.35. The van der Waals surface area contributed by atoms with Crippen molar-refractivity contribution in [1.82, 2.24) is 9.78 Å². The molecule has 2 N–H and O–H groups in total. The second-order valence-corrected chi connectivity index (χ2v) is 4.51. The van der Waals surface area contributed by atoms with Crippen molar-refractivity contribution in [2.45, 2.75) is 19.9 Å². The molecule has 1 aromatic carbocycles. The van der Waals surface area contributed by atoms with Gasteiger partial charge in [-0.1, -0.05) is 6.07 Å². The summed E-state index contributed by atoms with van der Waals surface area (Å²) in [6, 6.07) is 7.33. The highest BCUT2D eigenvalue weighted by molar-refractivity contribution is 5.47. The van der Waals surface area contributed by atoms with Crippen LogP contribution in [0.4, 0.5) is 0 Å². The highest BCUT2D eigenvalue weighted by atomic mass is 16.5. The molecule has 2 rings (SSSR count). The van der Waals surface area contributed by atoms with Crippen LogP contribution in [0.2, 0.25) is 0 Å². The molecule has 0 amide bonds. The summed E-state index contributed by atoms with van der Waals surface area (Å²) in [5.74, 6) is 2.09. The lowest BCUT2D eigenvalue weighted by Crippen LogP contribution is -2.09. The van der Waals surface area contributed by atoms with Crippen molar-refractivity contribution in [1.29, 1.82) is 0 Å². The fourth-order valence-electron chi connectivity index (χ4n) is 2.03. The second kappa shape index (κ2) is 5.32. The summed E-state index contributed by atoms with van der Waals surface area (Å²) >= 11 is 0. The summed E-state index contributed by atoms with van der Waals surface area (Å²) in [5, 5.41) is 4.25. The zero-order chi connectivity index (χ0) is 14.0. The molecule has 0 bridgehead atoms. The van der Waals surface area contributed by atoms with Crippen molar-refractivity contribution in [2.75, 3.05) is 7.11 Å². The molecule has 1 atom stereocenters. The van der Waals surface area contributed by atoms with Crippen LogP contribution in [0.3, 0.4) is 0 Å². The standard InChI is InChI=1S/C14H19N3O2/c1-9-8-13(17(3)16-9)19-12-7-5-6-11(18-4)14(12)10(2)15/h5-8,10H,15H2,1-4H3/t10-/m0/s1. The van der Waals surface area contributed by atoms with Gasteiger partial charge in [-0.05, 0) is 26.0 Å². The number of nitrogens with zero attached hydrogens (tertiary/aromatic N) is 2. The fraction of sp³-hybridized carbons (Fsp3) is 0.357. The van der Waals surface area contributed by atoms with Crippen molar-refractivity contribution in [3.63, 3.8) is 0 Å². The lowest BCUT2D eigenvalue weighted by Gasteiger charge is -2.16. The minimum Gasteiger partial charge on any atom is -0.496 e. The molecule has 19 heavy (non-hydrogen) atoms. The van der Waals surface area contributed by atoms with E-state index in [4.69, 9.17) is 15.2 Å². The Morgan fingerprint density at radius 2 is 2.00 bits per heavy atom. The minimum absolute atomic E-state index is 0.180. The first-order valence-corrected chi connectivity index (χ1v) is 6.14. The molecule has 0 aliphatic carbocycles. The zero-order valence-electron chi connectivity index (χ0n) is 11.7. The Morgan fingerprint density at radius 3 is 2.53 bits per heavy atom. The third-order valence-electron chi connectivity index (χ3n) is 2.87. The Kier molecular flexibility index (Phi) is 3.76. The van der Waals surface area contributed by atoms with Gasteiger partial charge in [-0.15, -0.1) is 0 Å². The average molecular weight is 261 g/mol. The molecular weight excluding hydrogens is 242 g/mol. The zero-order valence-corrected chi connectivity index (χ0v) is 11.7. The molecular formula is C14H19N3O2. The van der Waals surface area contributed by atoms with Gasteiger partial charge >= 0.3 is 0 Å². The summed E-state index contributed by atoms with van der Waals surface area (Å²) in [6.07, 6.45) is 0. The number of nitrogens with two attached hydrogens (primary N) is 1. The molecule has 5 heteroatoms. The Balaban J connectivity index is 2.42. The lowest BCUT2D eigenvalue weighted by molar-refractivity contribution is 0.389. The molecule has 0 radical (unpaired) electrons. The Hall–Kier alpha value is -2.01. The van der Waals surface area contributed by atoms with E-state index in [1.54, 1.807) is 11.8 Å². The summed E-state index contributed by atoms with van der Waals surface area (Å²) < 4.78 is 12.9. The predicted molar refractivity (Wildman–Crippen MR) is 73.6 cm³/mol. The van der Waals surface area contributed by atoms with E-state index in [1.807, 2.05) is 45.2 Å². The topological polar surface area (TPSA) is 62.3 Å². The predicted octanol–water partition coefficient (Wildman–Crippen LogP) is 2.55. The third-order valence-corrected chi connectivity index (χ3v) is 2.87. The molecule has 0 spiro atoms. The first-order chi connectivity index (χ1) is 9.02. The Bertz CT molecular complexity index is 576. The summed E-state index contributed by atoms with van der Waals surface area (Å²) in [6.45, 7) is 3.82. The van der Waals surface area contributed by atoms with Crippen molar-refractivity contribution >= 4 is 0 Å². The Morgan fingerprint density at radius 1 is 1.32 bits per heavy atom. The van der Waals surface area contributed by atoms with Crippen molar-refractivity contribution in [3.05, 3.63) is 35.5 Å². The largest absolute Gasteiger partial charge is 0.496 e. The van der Waals surface area contributed by atoms with Crippen molar-refractivity contribution in [2.24, 2.45) is 12.8 Å². The number of rotatable bonds is 4. The second-order valence-electron chi connectivity index (χ2n) is 4.51. The van der Waals surface area contributed by atoms with E-state index >= 15 is 0 Å². The van der Waals surface area contributed by atoms with Crippen LogP contribution in [0.5, 0.6) is 17.4 Å². The van der Waals surface area contributed by atoms with Crippen LogP contribution in [0.15, 0.2) is 24.3 Å². The van der Waals surface area contributed by atoms with Gasteiger partial charge in [-0.3, -0.25) is 0 Å². The van der Waals surface area contributed by atoms with E-state index in [0.29, 0.717) is 11.6 Å². The maximum Gasteiger partial charge on any atom is 0.217 e. The molecule has 0 unspecified atom stereocenters. The first kappa shape index (κ1) is 13.4. The van der Waals surface area contributed by atoms with Crippen molar-refractivity contribution in [3.8, 4) is 17.4 Å². The van der Waals surface area contributed by atoms with Crippen LogP contribution in [-0.4, -0.2) is 16.9 Å². The number of benzene rings is 1. The monoisotopic (exact) mass is 261 g/mol.